The summed E-state index contributed by atoms with van der Waals surface area (Å²) in [5.74, 6) is 0.231. The van der Waals surface area contributed by atoms with Crippen LogP contribution >= 0.6 is 11.6 Å². The zero-order valence-corrected chi connectivity index (χ0v) is 18.4. The number of nitrogens with zero attached hydrogens (tertiary/aromatic N) is 6. The summed E-state index contributed by atoms with van der Waals surface area (Å²) >= 11 is 6.21. The Morgan fingerprint density at radius 3 is 2.64 bits per heavy atom. The van der Waals surface area contributed by atoms with Crippen molar-refractivity contribution in [3.63, 3.8) is 0 Å². The number of aromatic nitrogens is 6. The van der Waals surface area contributed by atoms with E-state index in [0.29, 0.717) is 17.2 Å². The second-order valence-electron chi connectivity index (χ2n) is 7.43. The summed E-state index contributed by atoms with van der Waals surface area (Å²) in [5, 5.41) is 3.73. The maximum atomic E-state index is 12.7. The summed E-state index contributed by atoms with van der Waals surface area (Å²) < 4.78 is 1.74. The SMILES string of the molecule is Cc1cc(-c2nc(Cl)nc3c2ccn3CC(=O)Nc2ccc(-c3cccnc3)cn2)ccn1. The summed E-state index contributed by atoms with van der Waals surface area (Å²) in [7, 11) is 0. The number of pyridine rings is 3. The molecule has 9 heteroatoms. The lowest BCUT2D eigenvalue weighted by molar-refractivity contribution is -0.116. The summed E-state index contributed by atoms with van der Waals surface area (Å²) in [4.78, 5) is 34.1. The van der Waals surface area contributed by atoms with Crippen LogP contribution in [0.15, 0.2) is 73.4 Å². The number of amides is 1. The monoisotopic (exact) mass is 455 g/mol. The van der Waals surface area contributed by atoms with Crippen LogP contribution in [0.25, 0.3) is 33.4 Å². The Morgan fingerprint density at radius 2 is 1.88 bits per heavy atom. The zero-order chi connectivity index (χ0) is 22.8. The lowest BCUT2D eigenvalue weighted by Gasteiger charge is -2.09. The van der Waals surface area contributed by atoms with Crippen molar-refractivity contribution in [1.82, 2.24) is 29.5 Å². The summed E-state index contributed by atoms with van der Waals surface area (Å²) in [6, 6.07) is 13.2. The van der Waals surface area contributed by atoms with Crippen LogP contribution in [0.5, 0.6) is 0 Å². The number of hydrogen-bond donors (Lipinski definition) is 1. The van der Waals surface area contributed by atoms with Crippen molar-refractivity contribution in [3.8, 4) is 22.4 Å². The van der Waals surface area contributed by atoms with Crippen molar-refractivity contribution in [2.45, 2.75) is 13.5 Å². The molecule has 0 saturated carbocycles. The fourth-order valence-electron chi connectivity index (χ4n) is 3.59. The Bertz CT molecular complexity index is 1450. The largest absolute Gasteiger partial charge is 0.323 e. The number of fused-ring (bicyclic) bond motifs is 1. The van der Waals surface area contributed by atoms with Crippen molar-refractivity contribution >= 4 is 34.4 Å². The molecule has 0 aliphatic carbocycles. The molecule has 0 aliphatic heterocycles. The lowest BCUT2D eigenvalue weighted by atomic mass is 10.1. The van der Waals surface area contributed by atoms with E-state index >= 15 is 0 Å². The lowest BCUT2D eigenvalue weighted by Crippen LogP contribution is -2.19. The highest BCUT2D eigenvalue weighted by atomic mass is 35.5. The van der Waals surface area contributed by atoms with Crippen molar-refractivity contribution in [3.05, 3.63) is 84.4 Å². The van der Waals surface area contributed by atoms with E-state index in [1.807, 2.05) is 43.3 Å². The molecule has 0 aliphatic rings. The molecule has 0 spiro atoms. The molecule has 1 amide bonds. The molecule has 33 heavy (non-hydrogen) atoms. The maximum absolute atomic E-state index is 12.7. The molecular formula is C24H18ClN7O. The van der Waals surface area contributed by atoms with Gasteiger partial charge in [-0.3, -0.25) is 14.8 Å². The normalized spacial score (nSPS) is 11.0. The zero-order valence-electron chi connectivity index (χ0n) is 17.6. The van der Waals surface area contributed by atoms with Crippen molar-refractivity contribution in [2.75, 3.05) is 5.32 Å². The molecule has 0 atom stereocenters. The van der Waals surface area contributed by atoms with Gasteiger partial charge in [0.15, 0.2) is 0 Å². The van der Waals surface area contributed by atoms with Crippen LogP contribution in [-0.2, 0) is 11.3 Å². The molecule has 0 radical (unpaired) electrons. The van der Waals surface area contributed by atoms with Crippen LogP contribution in [0.1, 0.15) is 5.69 Å². The van der Waals surface area contributed by atoms with Gasteiger partial charge in [0.1, 0.15) is 18.0 Å². The maximum Gasteiger partial charge on any atom is 0.245 e. The molecule has 0 bridgehead atoms. The van der Waals surface area contributed by atoms with Gasteiger partial charge in [-0.1, -0.05) is 6.07 Å². The number of hydrogen-bond acceptors (Lipinski definition) is 6. The van der Waals surface area contributed by atoms with Crippen LogP contribution in [0.4, 0.5) is 5.82 Å². The molecule has 0 fully saturated rings. The predicted molar refractivity (Wildman–Crippen MR) is 127 cm³/mol. The fraction of sp³-hybridized carbons (Fsp3) is 0.0833. The summed E-state index contributed by atoms with van der Waals surface area (Å²) in [6.45, 7) is 1.97. The Morgan fingerprint density at radius 1 is 1.00 bits per heavy atom. The number of halogens is 1. The highest BCUT2D eigenvalue weighted by Crippen LogP contribution is 2.28. The van der Waals surface area contributed by atoms with Gasteiger partial charge in [-0.05, 0) is 54.9 Å². The van der Waals surface area contributed by atoms with Crippen LogP contribution in [0.3, 0.4) is 0 Å². The molecule has 5 aromatic rings. The van der Waals surface area contributed by atoms with Gasteiger partial charge in [0.25, 0.3) is 0 Å². The molecule has 8 nitrogen and oxygen atoms in total. The van der Waals surface area contributed by atoms with Gasteiger partial charge >= 0.3 is 0 Å². The van der Waals surface area contributed by atoms with E-state index in [2.05, 4.69) is 30.2 Å². The van der Waals surface area contributed by atoms with Gasteiger partial charge in [-0.2, -0.15) is 4.98 Å². The Kier molecular flexibility index (Phi) is 5.50. The minimum atomic E-state index is -0.231. The number of aryl methyl sites for hydroxylation is 1. The highest BCUT2D eigenvalue weighted by Gasteiger charge is 2.15. The van der Waals surface area contributed by atoms with E-state index in [1.54, 1.807) is 41.6 Å². The Balaban J connectivity index is 1.37. The van der Waals surface area contributed by atoms with Gasteiger partial charge in [0.05, 0.1) is 5.69 Å². The number of anilines is 1. The second kappa shape index (κ2) is 8.76. The molecule has 162 valence electrons. The minimum absolute atomic E-state index is 0.0533. The van der Waals surface area contributed by atoms with E-state index in [4.69, 9.17) is 11.6 Å². The molecule has 1 N–H and O–H groups in total. The van der Waals surface area contributed by atoms with Crippen LogP contribution in [-0.4, -0.2) is 35.4 Å². The first kappa shape index (κ1) is 20.7. The average Bonchev–Trinajstić information content (AvgIpc) is 3.21. The minimum Gasteiger partial charge on any atom is -0.323 e. The standard InChI is InChI=1S/C24H18ClN7O/c1-15-11-16(6-9-27-15)22-19-7-10-32(23(19)31-24(25)30-22)14-21(33)29-20-5-4-18(13-28-20)17-3-2-8-26-12-17/h2-13H,14H2,1H3,(H,28,29,33). The molecule has 0 saturated heterocycles. The van der Waals surface area contributed by atoms with E-state index in [9.17, 15) is 4.79 Å². The van der Waals surface area contributed by atoms with Gasteiger partial charge in [-0.25, -0.2) is 9.97 Å². The van der Waals surface area contributed by atoms with Crippen molar-refractivity contribution in [2.24, 2.45) is 0 Å². The first-order valence-corrected chi connectivity index (χ1v) is 10.6. The van der Waals surface area contributed by atoms with E-state index < -0.39 is 0 Å². The van der Waals surface area contributed by atoms with Crippen LogP contribution in [0, 0.1) is 6.92 Å². The third kappa shape index (κ3) is 4.42. The summed E-state index contributed by atoms with van der Waals surface area (Å²) in [5.41, 5.74) is 4.91. The molecular weight excluding hydrogens is 438 g/mol. The molecule has 5 heterocycles. The molecule has 5 rings (SSSR count). The second-order valence-corrected chi connectivity index (χ2v) is 7.77. The third-order valence-electron chi connectivity index (χ3n) is 5.10. The Hall–Kier alpha value is -4.17. The molecule has 5 aromatic heterocycles. The average molecular weight is 456 g/mol. The van der Waals surface area contributed by atoms with Crippen LogP contribution in [0.2, 0.25) is 5.28 Å². The topological polar surface area (TPSA) is 98.5 Å². The first-order valence-electron chi connectivity index (χ1n) is 10.2. The first-order chi connectivity index (χ1) is 16.1. The van der Waals surface area contributed by atoms with Gasteiger partial charge < -0.3 is 9.88 Å². The van der Waals surface area contributed by atoms with E-state index in [0.717, 1.165) is 27.8 Å². The molecule has 0 aromatic carbocycles. The smallest absolute Gasteiger partial charge is 0.245 e. The van der Waals surface area contributed by atoms with Gasteiger partial charge in [0, 0.05) is 58.8 Å². The predicted octanol–water partition coefficient (Wildman–Crippen LogP) is 4.55. The third-order valence-corrected chi connectivity index (χ3v) is 5.27. The molecule has 0 unspecified atom stereocenters. The number of carbonyl (C=O) groups is 1. The number of carbonyl (C=O) groups excluding carboxylic acids is 1. The highest BCUT2D eigenvalue weighted by molar-refractivity contribution is 6.28. The summed E-state index contributed by atoms with van der Waals surface area (Å²) in [6.07, 6.45) is 8.71. The number of nitrogens with one attached hydrogen (secondary N) is 1. The Labute approximate surface area is 194 Å². The van der Waals surface area contributed by atoms with E-state index in [1.165, 1.54) is 0 Å². The number of rotatable bonds is 5. The quantitative estimate of drug-likeness (QED) is 0.390. The van der Waals surface area contributed by atoms with Crippen molar-refractivity contribution < 1.29 is 4.79 Å². The van der Waals surface area contributed by atoms with Gasteiger partial charge in [0.2, 0.25) is 11.2 Å². The van der Waals surface area contributed by atoms with Crippen molar-refractivity contribution in [1.29, 1.82) is 0 Å². The van der Waals surface area contributed by atoms with Gasteiger partial charge in [-0.15, -0.1) is 0 Å². The van der Waals surface area contributed by atoms with E-state index in [-0.39, 0.29) is 17.7 Å². The fourth-order valence-corrected chi connectivity index (χ4v) is 3.75. The van der Waals surface area contributed by atoms with Crippen LogP contribution < -0.4 is 5.32 Å².